The van der Waals surface area contributed by atoms with E-state index in [0.29, 0.717) is 43.4 Å². The van der Waals surface area contributed by atoms with Crippen molar-refractivity contribution in [3.8, 4) is 11.5 Å². The van der Waals surface area contributed by atoms with E-state index in [1.54, 1.807) is 6.07 Å². The molecule has 1 heterocycles. The van der Waals surface area contributed by atoms with E-state index >= 15 is 0 Å². The van der Waals surface area contributed by atoms with Crippen molar-refractivity contribution in [1.29, 1.82) is 0 Å². The first-order chi connectivity index (χ1) is 16.5. The van der Waals surface area contributed by atoms with Crippen molar-refractivity contribution < 1.29 is 18.7 Å². The SMILES string of the molecule is CCOc1ccc(OCc2cccc(C(=O)N3CCN(Cc4ccc(F)cc4Cl)CC3)c2)cc1. The molecule has 0 radical (unpaired) electrons. The summed E-state index contributed by atoms with van der Waals surface area (Å²) in [6.45, 7) is 6.32. The van der Waals surface area contributed by atoms with Crippen LogP contribution in [0.15, 0.2) is 66.7 Å². The van der Waals surface area contributed by atoms with Crippen LogP contribution in [0.25, 0.3) is 0 Å². The third kappa shape index (κ3) is 6.27. The van der Waals surface area contributed by atoms with Gasteiger partial charge in [-0.2, -0.15) is 0 Å². The summed E-state index contributed by atoms with van der Waals surface area (Å²) in [5.74, 6) is 1.24. The second-order valence-corrected chi connectivity index (χ2v) is 8.60. The van der Waals surface area contributed by atoms with Crippen molar-refractivity contribution in [2.75, 3.05) is 32.8 Å². The van der Waals surface area contributed by atoms with Crippen molar-refractivity contribution in [2.24, 2.45) is 0 Å². The van der Waals surface area contributed by atoms with Crippen molar-refractivity contribution in [3.05, 3.63) is 94.3 Å². The minimum atomic E-state index is -0.337. The predicted molar refractivity (Wildman–Crippen MR) is 131 cm³/mol. The standard InChI is InChI=1S/C27H28ClFN2O3/c1-2-33-24-8-10-25(11-9-24)34-19-20-4-3-5-21(16-20)27(32)31-14-12-30(13-15-31)18-22-6-7-23(29)17-26(22)28/h3-11,16-17H,2,12-15,18-19H2,1H3. The highest BCUT2D eigenvalue weighted by Crippen LogP contribution is 2.21. The van der Waals surface area contributed by atoms with Crippen molar-refractivity contribution in [2.45, 2.75) is 20.1 Å². The number of hydrogen-bond donors (Lipinski definition) is 0. The summed E-state index contributed by atoms with van der Waals surface area (Å²) in [5.41, 5.74) is 2.48. The third-order valence-corrected chi connectivity index (χ3v) is 6.13. The fraction of sp³-hybridized carbons (Fsp3) is 0.296. The first kappa shape index (κ1) is 24.0. The summed E-state index contributed by atoms with van der Waals surface area (Å²) in [7, 11) is 0. The molecule has 4 rings (SSSR count). The van der Waals surface area contributed by atoms with Crippen LogP contribution in [0.2, 0.25) is 5.02 Å². The molecular formula is C27H28ClFN2O3. The summed E-state index contributed by atoms with van der Waals surface area (Å²) in [4.78, 5) is 17.2. The number of ether oxygens (including phenoxy) is 2. The highest BCUT2D eigenvalue weighted by Gasteiger charge is 2.23. The number of carbonyl (C=O) groups is 1. The molecule has 0 bridgehead atoms. The molecule has 1 fully saturated rings. The monoisotopic (exact) mass is 482 g/mol. The molecule has 0 atom stereocenters. The van der Waals surface area contributed by atoms with Gasteiger partial charge in [-0.1, -0.05) is 29.8 Å². The fourth-order valence-electron chi connectivity index (χ4n) is 3.94. The van der Waals surface area contributed by atoms with Gasteiger partial charge in [0.25, 0.3) is 5.91 Å². The van der Waals surface area contributed by atoms with Gasteiger partial charge in [0.2, 0.25) is 0 Å². The number of hydrogen-bond acceptors (Lipinski definition) is 4. The summed E-state index contributed by atoms with van der Waals surface area (Å²) < 4.78 is 24.6. The number of carbonyl (C=O) groups excluding carboxylic acids is 1. The van der Waals surface area contributed by atoms with Crippen LogP contribution >= 0.6 is 11.6 Å². The van der Waals surface area contributed by atoms with Gasteiger partial charge < -0.3 is 14.4 Å². The number of nitrogens with zero attached hydrogens (tertiary/aromatic N) is 2. The Morgan fingerprint density at radius 2 is 1.65 bits per heavy atom. The zero-order chi connectivity index (χ0) is 23.9. The van der Waals surface area contributed by atoms with Gasteiger partial charge in [-0.05, 0) is 66.6 Å². The molecule has 0 unspecified atom stereocenters. The lowest BCUT2D eigenvalue weighted by Crippen LogP contribution is -2.48. The van der Waals surface area contributed by atoms with Gasteiger partial charge in [0.05, 0.1) is 6.61 Å². The van der Waals surface area contributed by atoms with Crippen LogP contribution < -0.4 is 9.47 Å². The van der Waals surface area contributed by atoms with Gasteiger partial charge in [0, 0.05) is 43.3 Å². The van der Waals surface area contributed by atoms with Crippen LogP contribution in [-0.2, 0) is 13.2 Å². The quantitative estimate of drug-likeness (QED) is 0.430. The molecule has 1 aliphatic heterocycles. The van der Waals surface area contributed by atoms with Crippen molar-refractivity contribution >= 4 is 17.5 Å². The van der Waals surface area contributed by atoms with Crippen LogP contribution in [0, 0.1) is 5.82 Å². The van der Waals surface area contributed by atoms with E-state index in [9.17, 15) is 9.18 Å². The number of benzene rings is 3. The molecule has 34 heavy (non-hydrogen) atoms. The van der Waals surface area contributed by atoms with E-state index < -0.39 is 0 Å². The van der Waals surface area contributed by atoms with E-state index in [0.717, 1.165) is 35.7 Å². The largest absolute Gasteiger partial charge is 0.494 e. The third-order valence-electron chi connectivity index (χ3n) is 5.78. The van der Waals surface area contributed by atoms with Gasteiger partial charge in [-0.3, -0.25) is 9.69 Å². The first-order valence-corrected chi connectivity index (χ1v) is 11.8. The number of rotatable bonds is 8. The molecule has 1 aliphatic rings. The average Bonchev–Trinajstić information content (AvgIpc) is 2.86. The maximum atomic E-state index is 13.3. The molecule has 3 aromatic rings. The van der Waals surface area contributed by atoms with E-state index in [4.69, 9.17) is 21.1 Å². The molecule has 0 aliphatic carbocycles. The molecule has 1 saturated heterocycles. The minimum Gasteiger partial charge on any atom is -0.494 e. The van der Waals surface area contributed by atoms with Crippen LogP contribution in [0.5, 0.6) is 11.5 Å². The molecule has 0 spiro atoms. The van der Waals surface area contributed by atoms with E-state index in [2.05, 4.69) is 4.90 Å². The molecule has 0 aromatic heterocycles. The zero-order valence-electron chi connectivity index (χ0n) is 19.2. The topological polar surface area (TPSA) is 42.0 Å². The van der Waals surface area contributed by atoms with Gasteiger partial charge in [0.15, 0.2) is 0 Å². The molecule has 7 heteroatoms. The predicted octanol–water partition coefficient (Wildman–Crippen LogP) is 5.41. The highest BCUT2D eigenvalue weighted by atomic mass is 35.5. The smallest absolute Gasteiger partial charge is 0.253 e. The summed E-state index contributed by atoms with van der Waals surface area (Å²) in [6.07, 6.45) is 0. The lowest BCUT2D eigenvalue weighted by molar-refractivity contribution is 0.0628. The van der Waals surface area contributed by atoms with Gasteiger partial charge in [0.1, 0.15) is 23.9 Å². The highest BCUT2D eigenvalue weighted by molar-refractivity contribution is 6.31. The van der Waals surface area contributed by atoms with Crippen LogP contribution in [0.1, 0.15) is 28.4 Å². The number of halogens is 2. The average molecular weight is 483 g/mol. The Labute approximate surface area is 204 Å². The normalized spacial score (nSPS) is 14.1. The van der Waals surface area contributed by atoms with Crippen molar-refractivity contribution in [3.63, 3.8) is 0 Å². The van der Waals surface area contributed by atoms with Crippen molar-refractivity contribution in [1.82, 2.24) is 9.80 Å². The second kappa shape index (κ2) is 11.4. The van der Waals surface area contributed by atoms with Crippen LogP contribution in [0.4, 0.5) is 4.39 Å². The number of piperazine rings is 1. The molecule has 3 aromatic carbocycles. The Morgan fingerprint density at radius 1 is 0.941 bits per heavy atom. The van der Waals surface area contributed by atoms with Gasteiger partial charge >= 0.3 is 0 Å². The Hall–Kier alpha value is -3.09. The lowest BCUT2D eigenvalue weighted by atomic mass is 10.1. The molecule has 5 nitrogen and oxygen atoms in total. The van der Waals surface area contributed by atoms with E-state index in [-0.39, 0.29) is 11.7 Å². The zero-order valence-corrected chi connectivity index (χ0v) is 19.9. The van der Waals surface area contributed by atoms with E-state index in [1.165, 1.54) is 12.1 Å². The second-order valence-electron chi connectivity index (χ2n) is 8.20. The summed E-state index contributed by atoms with van der Waals surface area (Å²) in [6, 6.07) is 19.6. The Balaban J connectivity index is 1.30. The van der Waals surface area contributed by atoms with Gasteiger partial charge in [-0.25, -0.2) is 4.39 Å². The first-order valence-electron chi connectivity index (χ1n) is 11.4. The lowest BCUT2D eigenvalue weighted by Gasteiger charge is -2.35. The maximum absolute atomic E-state index is 13.3. The van der Waals surface area contributed by atoms with Crippen LogP contribution in [0.3, 0.4) is 0 Å². The molecule has 178 valence electrons. The molecule has 0 saturated carbocycles. The summed E-state index contributed by atoms with van der Waals surface area (Å²) >= 11 is 6.16. The molecular weight excluding hydrogens is 455 g/mol. The Kier molecular flexibility index (Phi) is 8.03. The fourth-order valence-corrected chi connectivity index (χ4v) is 4.17. The Bertz CT molecular complexity index is 1120. The Morgan fingerprint density at radius 3 is 2.32 bits per heavy atom. The molecule has 0 N–H and O–H groups in total. The summed E-state index contributed by atoms with van der Waals surface area (Å²) in [5, 5.41) is 0.433. The number of amides is 1. The minimum absolute atomic E-state index is 0.0161. The molecule has 1 amide bonds. The van der Waals surface area contributed by atoms with Crippen LogP contribution in [-0.4, -0.2) is 48.5 Å². The van der Waals surface area contributed by atoms with E-state index in [1.807, 2.05) is 60.4 Å². The maximum Gasteiger partial charge on any atom is 0.253 e. The van der Waals surface area contributed by atoms with Gasteiger partial charge in [-0.15, -0.1) is 0 Å².